The third-order valence-corrected chi connectivity index (χ3v) is 4.70. The van der Waals surface area contributed by atoms with E-state index in [0.717, 1.165) is 48.5 Å². The standard InChI is InChI=1S/C23H26O4/c24-23(25)12-6-7-18-13-15-20(16-14-18)26-17-19-8-4-5-11-22(19)27-21-9-2-1-3-10-21/h1-3,9-10,13-16H,4-8,11-12,17H2,(H,24,25). The second kappa shape index (κ2) is 9.81. The second-order valence-electron chi connectivity index (χ2n) is 6.83. The first-order valence-electron chi connectivity index (χ1n) is 9.58. The summed E-state index contributed by atoms with van der Waals surface area (Å²) in [5.41, 5.74) is 2.37. The lowest BCUT2D eigenvalue weighted by molar-refractivity contribution is -0.137. The third-order valence-electron chi connectivity index (χ3n) is 4.70. The maximum atomic E-state index is 10.6. The summed E-state index contributed by atoms with van der Waals surface area (Å²) in [5, 5.41) is 8.71. The van der Waals surface area contributed by atoms with E-state index in [1.807, 2.05) is 54.6 Å². The largest absolute Gasteiger partial charge is 0.489 e. The van der Waals surface area contributed by atoms with Gasteiger partial charge in [0.1, 0.15) is 23.9 Å². The summed E-state index contributed by atoms with van der Waals surface area (Å²) >= 11 is 0. The molecular weight excluding hydrogens is 340 g/mol. The van der Waals surface area contributed by atoms with Gasteiger partial charge in [0, 0.05) is 18.4 Å². The van der Waals surface area contributed by atoms with Crippen molar-refractivity contribution in [2.24, 2.45) is 0 Å². The average molecular weight is 366 g/mol. The molecule has 0 saturated carbocycles. The number of allylic oxidation sites excluding steroid dienone is 1. The number of carboxylic acid groups (broad SMARTS) is 1. The van der Waals surface area contributed by atoms with E-state index in [4.69, 9.17) is 14.6 Å². The van der Waals surface area contributed by atoms with Crippen molar-refractivity contribution in [3.63, 3.8) is 0 Å². The van der Waals surface area contributed by atoms with Gasteiger partial charge in [0.25, 0.3) is 0 Å². The Morgan fingerprint density at radius 2 is 1.67 bits per heavy atom. The normalized spacial score (nSPS) is 14.1. The van der Waals surface area contributed by atoms with Gasteiger partial charge >= 0.3 is 5.97 Å². The number of benzene rings is 2. The summed E-state index contributed by atoms with van der Waals surface area (Å²) in [6, 6.07) is 17.8. The summed E-state index contributed by atoms with van der Waals surface area (Å²) in [6.45, 7) is 0.542. The van der Waals surface area contributed by atoms with Crippen molar-refractivity contribution in [1.29, 1.82) is 0 Å². The molecule has 142 valence electrons. The Kier molecular flexibility index (Phi) is 6.91. The molecule has 1 aliphatic carbocycles. The van der Waals surface area contributed by atoms with Crippen LogP contribution in [0.1, 0.15) is 44.1 Å². The molecule has 0 atom stereocenters. The van der Waals surface area contributed by atoms with E-state index < -0.39 is 5.97 Å². The van der Waals surface area contributed by atoms with Crippen LogP contribution in [0, 0.1) is 0 Å². The molecule has 1 aliphatic rings. The minimum Gasteiger partial charge on any atom is -0.489 e. The zero-order valence-corrected chi connectivity index (χ0v) is 15.5. The van der Waals surface area contributed by atoms with Gasteiger partial charge in [-0.2, -0.15) is 0 Å². The number of aryl methyl sites for hydroxylation is 1. The summed E-state index contributed by atoms with van der Waals surface area (Å²) in [7, 11) is 0. The minimum atomic E-state index is -0.746. The van der Waals surface area contributed by atoms with Gasteiger partial charge in [0.15, 0.2) is 0 Å². The molecule has 0 bridgehead atoms. The fraction of sp³-hybridized carbons (Fsp3) is 0.348. The van der Waals surface area contributed by atoms with Crippen molar-refractivity contribution >= 4 is 5.97 Å². The first kappa shape index (κ1) is 19.0. The van der Waals surface area contributed by atoms with Gasteiger partial charge < -0.3 is 14.6 Å². The fourth-order valence-electron chi connectivity index (χ4n) is 3.21. The molecule has 2 aromatic carbocycles. The maximum Gasteiger partial charge on any atom is 0.303 e. The molecule has 0 radical (unpaired) electrons. The molecule has 0 unspecified atom stereocenters. The zero-order valence-electron chi connectivity index (χ0n) is 15.5. The SMILES string of the molecule is O=C(O)CCCc1ccc(OCC2=C(Oc3ccccc3)CCCC2)cc1. The van der Waals surface area contributed by atoms with Crippen molar-refractivity contribution in [3.8, 4) is 11.5 Å². The van der Waals surface area contributed by atoms with E-state index in [0.29, 0.717) is 13.0 Å². The highest BCUT2D eigenvalue weighted by Gasteiger charge is 2.15. The molecule has 1 N–H and O–H groups in total. The van der Waals surface area contributed by atoms with E-state index in [1.54, 1.807) is 0 Å². The van der Waals surface area contributed by atoms with Crippen LogP contribution in [-0.2, 0) is 11.2 Å². The fourth-order valence-corrected chi connectivity index (χ4v) is 3.21. The topological polar surface area (TPSA) is 55.8 Å². The third kappa shape index (κ3) is 6.17. The van der Waals surface area contributed by atoms with Crippen LogP contribution >= 0.6 is 0 Å². The van der Waals surface area contributed by atoms with E-state index in [2.05, 4.69) is 0 Å². The lowest BCUT2D eigenvalue weighted by Gasteiger charge is -2.21. The molecule has 0 amide bonds. The highest BCUT2D eigenvalue weighted by atomic mass is 16.5. The Morgan fingerprint density at radius 1 is 0.926 bits per heavy atom. The Morgan fingerprint density at radius 3 is 2.41 bits per heavy atom. The molecule has 27 heavy (non-hydrogen) atoms. The van der Waals surface area contributed by atoms with E-state index >= 15 is 0 Å². The highest BCUT2D eigenvalue weighted by molar-refractivity contribution is 5.66. The Balaban J connectivity index is 1.56. The van der Waals surface area contributed by atoms with Crippen LogP contribution < -0.4 is 9.47 Å². The van der Waals surface area contributed by atoms with Crippen LogP contribution in [0.3, 0.4) is 0 Å². The van der Waals surface area contributed by atoms with Crippen LogP contribution in [0.5, 0.6) is 11.5 Å². The van der Waals surface area contributed by atoms with Gasteiger partial charge in [-0.1, -0.05) is 30.3 Å². The number of carbonyl (C=O) groups is 1. The van der Waals surface area contributed by atoms with E-state index in [9.17, 15) is 4.79 Å². The number of ether oxygens (including phenoxy) is 2. The summed E-state index contributed by atoms with van der Waals surface area (Å²) in [6.07, 6.45) is 5.91. The predicted molar refractivity (Wildman–Crippen MR) is 105 cm³/mol. The number of hydrogen-bond donors (Lipinski definition) is 1. The predicted octanol–water partition coefficient (Wildman–Crippen LogP) is 5.38. The lowest BCUT2D eigenvalue weighted by atomic mass is 9.98. The first-order valence-corrected chi connectivity index (χ1v) is 9.58. The van der Waals surface area contributed by atoms with Gasteiger partial charge in [-0.3, -0.25) is 4.79 Å². The van der Waals surface area contributed by atoms with Crippen LogP contribution in [0.25, 0.3) is 0 Å². The molecule has 2 aromatic rings. The van der Waals surface area contributed by atoms with Crippen molar-refractivity contribution in [3.05, 3.63) is 71.5 Å². The van der Waals surface area contributed by atoms with Crippen LogP contribution in [0.2, 0.25) is 0 Å². The Bertz CT molecular complexity index is 763. The van der Waals surface area contributed by atoms with Gasteiger partial charge in [-0.15, -0.1) is 0 Å². The maximum absolute atomic E-state index is 10.6. The lowest BCUT2D eigenvalue weighted by Crippen LogP contribution is -2.12. The molecule has 3 rings (SSSR count). The molecule has 0 aromatic heterocycles. The average Bonchev–Trinajstić information content (AvgIpc) is 2.69. The molecule has 0 fully saturated rings. The van der Waals surface area contributed by atoms with Gasteiger partial charge in [0.05, 0.1) is 0 Å². The molecule has 0 aliphatic heterocycles. The molecule has 0 spiro atoms. The summed E-state index contributed by atoms with van der Waals surface area (Å²) in [5.74, 6) is 1.99. The number of carboxylic acids is 1. The van der Waals surface area contributed by atoms with Gasteiger partial charge in [-0.05, 0) is 61.9 Å². The number of rotatable bonds is 9. The molecule has 0 heterocycles. The molecular formula is C23H26O4. The quantitative estimate of drug-likeness (QED) is 0.647. The van der Waals surface area contributed by atoms with Crippen LogP contribution in [0.15, 0.2) is 65.9 Å². The smallest absolute Gasteiger partial charge is 0.303 e. The number of hydrogen-bond acceptors (Lipinski definition) is 3. The van der Waals surface area contributed by atoms with Crippen molar-refractivity contribution in [2.45, 2.75) is 44.9 Å². The first-order chi connectivity index (χ1) is 13.2. The van der Waals surface area contributed by atoms with Crippen LogP contribution in [-0.4, -0.2) is 17.7 Å². The number of para-hydroxylation sites is 1. The van der Waals surface area contributed by atoms with Crippen molar-refractivity contribution in [1.82, 2.24) is 0 Å². The van der Waals surface area contributed by atoms with Gasteiger partial charge in [-0.25, -0.2) is 0 Å². The molecule has 0 saturated heterocycles. The van der Waals surface area contributed by atoms with E-state index in [-0.39, 0.29) is 6.42 Å². The Labute approximate surface area is 160 Å². The Hall–Kier alpha value is -2.75. The highest BCUT2D eigenvalue weighted by Crippen LogP contribution is 2.28. The summed E-state index contributed by atoms with van der Waals surface area (Å²) < 4.78 is 12.1. The van der Waals surface area contributed by atoms with E-state index in [1.165, 1.54) is 12.0 Å². The minimum absolute atomic E-state index is 0.205. The molecule has 4 nitrogen and oxygen atoms in total. The van der Waals surface area contributed by atoms with Gasteiger partial charge in [0.2, 0.25) is 0 Å². The number of aliphatic carboxylic acids is 1. The summed E-state index contributed by atoms with van der Waals surface area (Å²) in [4.78, 5) is 10.6. The van der Waals surface area contributed by atoms with Crippen molar-refractivity contribution in [2.75, 3.05) is 6.61 Å². The molecule has 4 heteroatoms. The zero-order chi connectivity index (χ0) is 18.9. The van der Waals surface area contributed by atoms with Crippen molar-refractivity contribution < 1.29 is 19.4 Å². The van der Waals surface area contributed by atoms with Crippen LogP contribution in [0.4, 0.5) is 0 Å². The second-order valence-corrected chi connectivity index (χ2v) is 6.83. The monoisotopic (exact) mass is 366 g/mol.